The van der Waals surface area contributed by atoms with Gasteiger partial charge in [-0.1, -0.05) is 50.5 Å². The minimum atomic E-state index is 0.606. The first-order valence-corrected chi connectivity index (χ1v) is 8.17. The molecular weight excluding hydrogens is 230 g/mol. The molecule has 1 aromatic rings. The predicted octanol–water partition coefficient (Wildman–Crippen LogP) is 4.62. The van der Waals surface area contributed by atoms with Gasteiger partial charge in [-0.2, -0.15) is 0 Å². The lowest BCUT2D eigenvalue weighted by atomic mass is 9.86. The molecular formula is C18H27N. The summed E-state index contributed by atoms with van der Waals surface area (Å²) in [5.74, 6) is 0.910. The largest absolute Gasteiger partial charge is 0.307 e. The summed E-state index contributed by atoms with van der Waals surface area (Å²) in [5, 5.41) is 3.98. The van der Waals surface area contributed by atoms with Gasteiger partial charge in [0.05, 0.1) is 0 Å². The lowest BCUT2D eigenvalue weighted by molar-refractivity contribution is 0.275. The first-order valence-electron chi connectivity index (χ1n) is 8.17. The average molecular weight is 257 g/mol. The zero-order chi connectivity index (χ0) is 13.1. The van der Waals surface area contributed by atoms with Gasteiger partial charge in [0.1, 0.15) is 0 Å². The maximum atomic E-state index is 3.98. The Balaban J connectivity index is 1.73. The van der Waals surface area contributed by atoms with Gasteiger partial charge >= 0.3 is 0 Å². The van der Waals surface area contributed by atoms with E-state index in [-0.39, 0.29) is 0 Å². The number of hydrogen-bond acceptors (Lipinski definition) is 1. The molecule has 1 aromatic carbocycles. The van der Waals surface area contributed by atoms with E-state index in [2.05, 4.69) is 36.5 Å². The Morgan fingerprint density at radius 3 is 2.79 bits per heavy atom. The second-order valence-electron chi connectivity index (χ2n) is 6.63. The van der Waals surface area contributed by atoms with Crippen molar-refractivity contribution in [2.75, 3.05) is 0 Å². The molecule has 0 saturated heterocycles. The van der Waals surface area contributed by atoms with Crippen molar-refractivity contribution in [3.63, 3.8) is 0 Å². The summed E-state index contributed by atoms with van der Waals surface area (Å²) in [5.41, 5.74) is 3.17. The molecule has 104 valence electrons. The molecule has 0 amide bonds. The zero-order valence-electron chi connectivity index (χ0n) is 12.2. The third kappa shape index (κ3) is 3.20. The van der Waals surface area contributed by atoms with Crippen molar-refractivity contribution in [1.29, 1.82) is 0 Å². The smallest absolute Gasteiger partial charge is 0.0325 e. The van der Waals surface area contributed by atoms with Crippen LogP contribution in [0.1, 0.15) is 69.0 Å². The molecule has 1 N–H and O–H groups in total. The highest BCUT2D eigenvalue weighted by Gasteiger charge is 2.24. The first kappa shape index (κ1) is 13.2. The SMILES string of the molecule is CC1CCCC(NC2CCCCc3ccccc32)C1. The molecule has 0 aliphatic heterocycles. The number of hydrogen-bond donors (Lipinski definition) is 1. The maximum absolute atomic E-state index is 3.98. The summed E-state index contributed by atoms with van der Waals surface area (Å²) < 4.78 is 0. The van der Waals surface area contributed by atoms with Crippen LogP contribution in [0.25, 0.3) is 0 Å². The van der Waals surface area contributed by atoms with Crippen molar-refractivity contribution < 1.29 is 0 Å². The van der Waals surface area contributed by atoms with Crippen LogP contribution in [0.4, 0.5) is 0 Å². The van der Waals surface area contributed by atoms with Gasteiger partial charge in [-0.05, 0) is 49.1 Å². The van der Waals surface area contributed by atoms with E-state index in [0.29, 0.717) is 6.04 Å². The van der Waals surface area contributed by atoms with Crippen molar-refractivity contribution in [2.24, 2.45) is 5.92 Å². The summed E-state index contributed by atoms with van der Waals surface area (Å²) in [6.45, 7) is 2.41. The monoisotopic (exact) mass is 257 g/mol. The number of benzene rings is 1. The lowest BCUT2D eigenvalue weighted by Crippen LogP contribution is -2.36. The van der Waals surface area contributed by atoms with E-state index in [1.807, 2.05) is 0 Å². The van der Waals surface area contributed by atoms with Gasteiger partial charge in [0.2, 0.25) is 0 Å². The van der Waals surface area contributed by atoms with Gasteiger partial charge in [-0.25, -0.2) is 0 Å². The molecule has 2 aliphatic carbocycles. The van der Waals surface area contributed by atoms with Crippen molar-refractivity contribution in [3.05, 3.63) is 35.4 Å². The summed E-state index contributed by atoms with van der Waals surface area (Å²) in [7, 11) is 0. The van der Waals surface area contributed by atoms with Gasteiger partial charge in [-0.3, -0.25) is 0 Å². The highest BCUT2D eigenvalue weighted by Crippen LogP contribution is 2.31. The Morgan fingerprint density at radius 2 is 1.89 bits per heavy atom. The predicted molar refractivity (Wildman–Crippen MR) is 81.3 cm³/mol. The summed E-state index contributed by atoms with van der Waals surface area (Å²) in [6.07, 6.45) is 10.9. The lowest BCUT2D eigenvalue weighted by Gasteiger charge is -2.32. The highest BCUT2D eigenvalue weighted by molar-refractivity contribution is 5.31. The molecule has 19 heavy (non-hydrogen) atoms. The van der Waals surface area contributed by atoms with E-state index in [9.17, 15) is 0 Å². The zero-order valence-corrected chi connectivity index (χ0v) is 12.2. The van der Waals surface area contributed by atoms with E-state index >= 15 is 0 Å². The number of rotatable bonds is 2. The van der Waals surface area contributed by atoms with Crippen LogP contribution in [0.15, 0.2) is 24.3 Å². The average Bonchev–Trinajstić information content (AvgIpc) is 2.62. The molecule has 0 heterocycles. The fourth-order valence-electron chi connectivity index (χ4n) is 3.96. The van der Waals surface area contributed by atoms with Gasteiger partial charge in [0.25, 0.3) is 0 Å². The van der Waals surface area contributed by atoms with Crippen LogP contribution in [0.2, 0.25) is 0 Å². The highest BCUT2D eigenvalue weighted by atomic mass is 15.0. The molecule has 3 unspecified atom stereocenters. The van der Waals surface area contributed by atoms with Gasteiger partial charge in [0, 0.05) is 12.1 Å². The Hall–Kier alpha value is -0.820. The van der Waals surface area contributed by atoms with Crippen LogP contribution in [0.3, 0.4) is 0 Å². The topological polar surface area (TPSA) is 12.0 Å². The summed E-state index contributed by atoms with van der Waals surface area (Å²) in [6, 6.07) is 10.4. The normalized spacial score (nSPS) is 31.5. The van der Waals surface area contributed by atoms with E-state index < -0.39 is 0 Å². The molecule has 1 fully saturated rings. The van der Waals surface area contributed by atoms with Gasteiger partial charge < -0.3 is 5.32 Å². The molecule has 0 bridgehead atoms. The Kier molecular flexibility index (Phi) is 4.22. The second-order valence-corrected chi connectivity index (χ2v) is 6.63. The Morgan fingerprint density at radius 1 is 1.00 bits per heavy atom. The summed E-state index contributed by atoms with van der Waals surface area (Å²) >= 11 is 0. The van der Waals surface area contributed by atoms with E-state index in [1.54, 1.807) is 11.1 Å². The fraction of sp³-hybridized carbons (Fsp3) is 0.667. The molecule has 0 radical (unpaired) electrons. The van der Waals surface area contributed by atoms with E-state index in [0.717, 1.165) is 12.0 Å². The number of aryl methyl sites for hydroxylation is 1. The molecule has 1 nitrogen and oxygen atoms in total. The molecule has 0 spiro atoms. The van der Waals surface area contributed by atoms with Crippen molar-refractivity contribution in [2.45, 2.75) is 70.4 Å². The quantitative estimate of drug-likeness (QED) is 0.762. The molecule has 3 rings (SSSR count). The van der Waals surface area contributed by atoms with Crippen LogP contribution in [-0.2, 0) is 6.42 Å². The van der Waals surface area contributed by atoms with E-state index in [4.69, 9.17) is 0 Å². The third-order valence-corrected chi connectivity index (χ3v) is 4.99. The first-order chi connectivity index (χ1) is 9.33. The molecule has 1 saturated carbocycles. The molecule has 1 heteroatoms. The minimum absolute atomic E-state index is 0.606. The van der Waals surface area contributed by atoms with Crippen LogP contribution < -0.4 is 5.32 Å². The van der Waals surface area contributed by atoms with Crippen LogP contribution >= 0.6 is 0 Å². The molecule has 2 aliphatic rings. The van der Waals surface area contributed by atoms with Crippen LogP contribution in [-0.4, -0.2) is 6.04 Å². The van der Waals surface area contributed by atoms with Crippen molar-refractivity contribution in [1.82, 2.24) is 5.32 Å². The van der Waals surface area contributed by atoms with E-state index in [1.165, 1.54) is 51.4 Å². The molecule has 0 aromatic heterocycles. The van der Waals surface area contributed by atoms with Crippen molar-refractivity contribution >= 4 is 0 Å². The fourth-order valence-corrected chi connectivity index (χ4v) is 3.96. The Bertz CT molecular complexity index is 412. The maximum Gasteiger partial charge on any atom is 0.0325 e. The van der Waals surface area contributed by atoms with Gasteiger partial charge in [-0.15, -0.1) is 0 Å². The second kappa shape index (κ2) is 6.09. The van der Waals surface area contributed by atoms with Crippen LogP contribution in [0.5, 0.6) is 0 Å². The number of nitrogens with one attached hydrogen (secondary N) is 1. The standard InChI is InChI=1S/C18H27N/c1-14-7-6-10-16(13-14)19-18-12-5-3-9-15-8-2-4-11-17(15)18/h2,4,8,11,14,16,18-19H,3,5-7,9-10,12-13H2,1H3. The minimum Gasteiger partial charge on any atom is -0.307 e. The van der Waals surface area contributed by atoms with Gasteiger partial charge in [0.15, 0.2) is 0 Å². The number of fused-ring (bicyclic) bond motifs is 1. The van der Waals surface area contributed by atoms with Crippen molar-refractivity contribution in [3.8, 4) is 0 Å². The Labute approximate surface area is 117 Å². The third-order valence-electron chi connectivity index (χ3n) is 4.99. The summed E-state index contributed by atoms with van der Waals surface area (Å²) in [4.78, 5) is 0. The van der Waals surface area contributed by atoms with Crippen LogP contribution in [0, 0.1) is 5.92 Å². The molecule has 3 atom stereocenters.